The molecule has 0 bridgehead atoms. The molecule has 212 valence electrons. The van der Waals surface area contributed by atoms with E-state index in [0.717, 1.165) is 23.7 Å². The Morgan fingerprint density at radius 3 is 2.49 bits per heavy atom. The zero-order chi connectivity index (χ0) is 28.4. The number of benzene rings is 2. The molecule has 2 N–H and O–H groups in total. The highest BCUT2D eigenvalue weighted by molar-refractivity contribution is 9.10. The van der Waals surface area contributed by atoms with Crippen molar-refractivity contribution in [2.75, 3.05) is 25.5 Å². The number of esters is 2. The Morgan fingerprint density at radius 1 is 1.08 bits per heavy atom. The number of urea groups is 1. The Labute approximate surface area is 239 Å². The highest BCUT2D eigenvalue weighted by Crippen LogP contribution is 2.34. The van der Waals surface area contributed by atoms with E-state index in [4.69, 9.17) is 9.47 Å². The number of fused-ring (bicyclic) bond motifs is 1. The summed E-state index contributed by atoms with van der Waals surface area (Å²) in [6.45, 7) is 6.63. The van der Waals surface area contributed by atoms with Gasteiger partial charge in [0.15, 0.2) is 0 Å². The zero-order valence-corrected chi connectivity index (χ0v) is 24.9. The molecule has 0 aromatic heterocycles. The van der Waals surface area contributed by atoms with Gasteiger partial charge in [-0.15, -0.1) is 0 Å². The van der Waals surface area contributed by atoms with Gasteiger partial charge in [-0.1, -0.05) is 40.2 Å². The molecule has 0 aliphatic heterocycles. The van der Waals surface area contributed by atoms with Crippen molar-refractivity contribution in [2.45, 2.75) is 77.0 Å². The first-order valence-corrected chi connectivity index (χ1v) is 14.3. The van der Waals surface area contributed by atoms with Gasteiger partial charge in [0.05, 0.1) is 7.11 Å². The van der Waals surface area contributed by atoms with E-state index in [1.165, 1.54) is 18.2 Å². The molecule has 9 heteroatoms. The lowest BCUT2D eigenvalue weighted by molar-refractivity contribution is -0.157. The van der Waals surface area contributed by atoms with Crippen LogP contribution >= 0.6 is 15.9 Å². The topological polar surface area (TPSA) is 97.0 Å². The Kier molecular flexibility index (Phi) is 11.4. The number of anilines is 1. The summed E-state index contributed by atoms with van der Waals surface area (Å²) in [6, 6.07) is 14.5. The fraction of sp³-hybridized carbons (Fsp3) is 0.500. The van der Waals surface area contributed by atoms with Crippen molar-refractivity contribution in [3.05, 3.63) is 64.1 Å². The van der Waals surface area contributed by atoms with E-state index < -0.39 is 23.6 Å². The standard InChI is InChI=1S/C30H40BrN3O5/c1-30(2,3)39-28(36)25(33-29(37)32-23-16-14-22(31)15-17-23)18-20-34(19-8-13-27(35)38-4)26-12-7-10-21-9-5-6-11-24(21)26/h5-6,9,11,14-17,25-26H,7-8,10,12-13,18-20H2,1-4H3,(H2,32,33,37)/t25-,26?/m0/s1. The van der Waals surface area contributed by atoms with Gasteiger partial charge in [0.2, 0.25) is 0 Å². The number of aryl methyl sites for hydroxylation is 1. The van der Waals surface area contributed by atoms with Crippen molar-refractivity contribution >= 4 is 39.6 Å². The monoisotopic (exact) mass is 601 g/mol. The second-order valence-corrected chi connectivity index (χ2v) is 11.7. The van der Waals surface area contributed by atoms with Crippen LogP contribution in [0.5, 0.6) is 0 Å². The highest BCUT2D eigenvalue weighted by Gasteiger charge is 2.30. The molecule has 3 rings (SSSR count). The molecule has 2 atom stereocenters. The van der Waals surface area contributed by atoms with E-state index in [9.17, 15) is 14.4 Å². The van der Waals surface area contributed by atoms with Crippen LogP contribution in [-0.2, 0) is 25.5 Å². The largest absolute Gasteiger partial charge is 0.469 e. The molecule has 0 fully saturated rings. The molecule has 0 heterocycles. The normalized spacial score (nSPS) is 15.7. The first-order chi connectivity index (χ1) is 18.6. The highest BCUT2D eigenvalue weighted by atomic mass is 79.9. The van der Waals surface area contributed by atoms with E-state index in [1.807, 2.05) is 32.9 Å². The zero-order valence-electron chi connectivity index (χ0n) is 23.3. The predicted octanol–water partition coefficient (Wildman–Crippen LogP) is 6.00. The molecule has 1 unspecified atom stereocenters. The molecule has 8 nitrogen and oxygen atoms in total. The Bertz CT molecular complexity index is 1120. The number of carbonyl (C=O) groups is 3. The van der Waals surface area contributed by atoms with E-state index >= 15 is 0 Å². The number of nitrogens with one attached hydrogen (secondary N) is 2. The average molecular weight is 603 g/mol. The molecular formula is C30H40BrN3O5. The molecule has 0 radical (unpaired) electrons. The summed E-state index contributed by atoms with van der Waals surface area (Å²) in [5.74, 6) is -0.719. The Morgan fingerprint density at radius 2 is 1.79 bits per heavy atom. The maximum absolute atomic E-state index is 13.2. The molecule has 1 aliphatic rings. The molecule has 0 saturated carbocycles. The summed E-state index contributed by atoms with van der Waals surface area (Å²) < 4.78 is 11.4. The summed E-state index contributed by atoms with van der Waals surface area (Å²) in [5.41, 5.74) is 2.54. The smallest absolute Gasteiger partial charge is 0.329 e. The molecule has 2 amide bonds. The van der Waals surface area contributed by atoms with Crippen LogP contribution in [0, 0.1) is 0 Å². The van der Waals surface area contributed by atoms with Gasteiger partial charge in [-0.3, -0.25) is 9.69 Å². The lowest BCUT2D eigenvalue weighted by Crippen LogP contribution is -2.47. The maximum atomic E-state index is 13.2. The first-order valence-electron chi connectivity index (χ1n) is 13.5. The molecule has 39 heavy (non-hydrogen) atoms. The van der Waals surface area contributed by atoms with Gasteiger partial charge in [-0.2, -0.15) is 0 Å². The summed E-state index contributed by atoms with van der Waals surface area (Å²) in [4.78, 5) is 40.1. The van der Waals surface area contributed by atoms with Crippen LogP contribution in [0.4, 0.5) is 10.5 Å². The SMILES string of the molecule is COC(=O)CCCN(CC[C@H](NC(=O)Nc1ccc(Br)cc1)C(=O)OC(C)(C)C)C1CCCc2ccccc21. The van der Waals surface area contributed by atoms with Crippen molar-refractivity contribution in [2.24, 2.45) is 0 Å². The van der Waals surface area contributed by atoms with Crippen molar-refractivity contribution in [1.82, 2.24) is 10.2 Å². The minimum absolute atomic E-state index is 0.170. The number of carbonyl (C=O) groups excluding carboxylic acids is 3. The summed E-state index contributed by atoms with van der Waals surface area (Å²) in [5, 5.41) is 5.62. The molecule has 0 saturated heterocycles. The van der Waals surface area contributed by atoms with Crippen LogP contribution in [0.3, 0.4) is 0 Å². The van der Waals surface area contributed by atoms with Crippen molar-refractivity contribution in [3.8, 4) is 0 Å². The first kappa shape index (κ1) is 30.6. The average Bonchev–Trinajstić information content (AvgIpc) is 2.89. The number of methoxy groups -OCH3 is 1. The van der Waals surface area contributed by atoms with Crippen LogP contribution in [0.25, 0.3) is 0 Å². The second-order valence-electron chi connectivity index (χ2n) is 10.8. The summed E-state index contributed by atoms with van der Waals surface area (Å²) in [6.07, 6.45) is 4.42. The number of hydrogen-bond acceptors (Lipinski definition) is 6. The molecule has 2 aromatic rings. The fourth-order valence-electron chi connectivity index (χ4n) is 4.84. The van der Waals surface area contributed by atoms with Gasteiger partial charge in [-0.05, 0) is 94.8 Å². The fourth-order valence-corrected chi connectivity index (χ4v) is 5.10. The van der Waals surface area contributed by atoms with E-state index in [1.54, 1.807) is 12.1 Å². The second kappa shape index (κ2) is 14.5. The van der Waals surface area contributed by atoms with Crippen molar-refractivity contribution in [1.29, 1.82) is 0 Å². The molecule has 0 spiro atoms. The number of hydrogen-bond donors (Lipinski definition) is 2. The third kappa shape index (κ3) is 9.97. The third-order valence-corrected chi connectivity index (χ3v) is 7.16. The van der Waals surface area contributed by atoms with Gasteiger partial charge in [0, 0.05) is 29.2 Å². The predicted molar refractivity (Wildman–Crippen MR) is 155 cm³/mol. The summed E-state index contributed by atoms with van der Waals surface area (Å²) in [7, 11) is 1.40. The lowest BCUT2D eigenvalue weighted by atomic mass is 9.86. The van der Waals surface area contributed by atoms with Crippen molar-refractivity contribution in [3.63, 3.8) is 0 Å². The minimum Gasteiger partial charge on any atom is -0.469 e. The Hall–Kier alpha value is -2.91. The van der Waals surface area contributed by atoms with Crippen LogP contribution in [0.15, 0.2) is 53.0 Å². The number of nitrogens with zero attached hydrogens (tertiary/aromatic N) is 1. The molecule has 2 aromatic carbocycles. The lowest BCUT2D eigenvalue weighted by Gasteiger charge is -2.37. The maximum Gasteiger partial charge on any atom is 0.329 e. The Balaban J connectivity index is 1.76. The van der Waals surface area contributed by atoms with Crippen LogP contribution in [-0.4, -0.2) is 54.7 Å². The molecular weight excluding hydrogens is 562 g/mol. The third-order valence-electron chi connectivity index (χ3n) is 6.64. The van der Waals surface area contributed by atoms with E-state index in [-0.39, 0.29) is 12.0 Å². The van der Waals surface area contributed by atoms with Crippen LogP contribution < -0.4 is 10.6 Å². The van der Waals surface area contributed by atoms with Gasteiger partial charge in [0.25, 0.3) is 0 Å². The van der Waals surface area contributed by atoms with Gasteiger partial charge < -0.3 is 20.1 Å². The summed E-state index contributed by atoms with van der Waals surface area (Å²) >= 11 is 3.39. The number of halogens is 1. The van der Waals surface area contributed by atoms with Crippen LogP contribution in [0.1, 0.15) is 70.0 Å². The number of rotatable bonds is 11. The van der Waals surface area contributed by atoms with E-state index in [0.29, 0.717) is 38.0 Å². The van der Waals surface area contributed by atoms with Gasteiger partial charge >= 0.3 is 18.0 Å². The number of ether oxygens (including phenoxy) is 2. The van der Waals surface area contributed by atoms with Crippen LogP contribution in [0.2, 0.25) is 0 Å². The van der Waals surface area contributed by atoms with Gasteiger partial charge in [0.1, 0.15) is 11.6 Å². The van der Waals surface area contributed by atoms with Crippen molar-refractivity contribution < 1.29 is 23.9 Å². The molecule has 1 aliphatic carbocycles. The number of amides is 2. The van der Waals surface area contributed by atoms with Gasteiger partial charge in [-0.25, -0.2) is 9.59 Å². The van der Waals surface area contributed by atoms with E-state index in [2.05, 4.69) is 55.7 Å². The minimum atomic E-state index is -0.846. The quantitative estimate of drug-likeness (QED) is 0.306.